The Kier molecular flexibility index (Phi) is 4.28. The van der Waals surface area contributed by atoms with E-state index < -0.39 is 0 Å². The summed E-state index contributed by atoms with van der Waals surface area (Å²) in [7, 11) is 0. The molecule has 3 aromatic rings. The summed E-state index contributed by atoms with van der Waals surface area (Å²) in [4.78, 5) is 22.6. The van der Waals surface area contributed by atoms with Crippen molar-refractivity contribution in [3.8, 4) is 0 Å². The predicted molar refractivity (Wildman–Crippen MR) is 100 cm³/mol. The van der Waals surface area contributed by atoms with Gasteiger partial charge >= 0.3 is 0 Å². The molecule has 126 valence electrons. The number of likely N-dealkylation sites (tertiary alicyclic amines) is 1. The molecule has 0 bridgehead atoms. The van der Waals surface area contributed by atoms with Gasteiger partial charge in [0.25, 0.3) is 0 Å². The predicted octanol–water partition coefficient (Wildman–Crippen LogP) is 4.59. The Morgan fingerprint density at radius 3 is 2.80 bits per heavy atom. The number of hydrogen-bond acceptors (Lipinski definition) is 2. The van der Waals surface area contributed by atoms with E-state index >= 15 is 0 Å². The Hall–Kier alpha value is -2.59. The number of nitrogens with zero attached hydrogens (tertiary/aromatic N) is 2. The number of aromatic nitrogens is 2. The van der Waals surface area contributed by atoms with Crippen molar-refractivity contribution in [3.63, 3.8) is 0 Å². The number of aromatic amines is 1. The fourth-order valence-corrected chi connectivity index (χ4v) is 3.41. The molecule has 1 atom stereocenters. The quantitative estimate of drug-likeness (QED) is 0.701. The highest BCUT2D eigenvalue weighted by atomic mass is 35.5. The fraction of sp³-hybridized carbons (Fsp3) is 0.200. The molecule has 0 radical (unpaired) electrons. The van der Waals surface area contributed by atoms with Crippen molar-refractivity contribution >= 4 is 34.6 Å². The number of imidazole rings is 1. The lowest BCUT2D eigenvalue weighted by Crippen LogP contribution is -2.29. The van der Waals surface area contributed by atoms with Gasteiger partial charge in [0.05, 0.1) is 17.1 Å². The number of H-pyrrole nitrogens is 1. The van der Waals surface area contributed by atoms with Crippen molar-refractivity contribution in [3.05, 3.63) is 71.0 Å². The third-order valence-corrected chi connectivity index (χ3v) is 4.80. The van der Waals surface area contributed by atoms with Crippen molar-refractivity contribution in [1.29, 1.82) is 0 Å². The fourth-order valence-electron chi connectivity index (χ4n) is 3.28. The Bertz CT molecular complexity index is 897. The first kappa shape index (κ1) is 15.9. The smallest absolute Gasteiger partial charge is 0.247 e. The van der Waals surface area contributed by atoms with Crippen LogP contribution < -0.4 is 0 Å². The molecule has 1 aliphatic heterocycles. The van der Waals surface area contributed by atoms with Crippen molar-refractivity contribution in [2.45, 2.75) is 18.9 Å². The van der Waals surface area contributed by atoms with E-state index in [4.69, 9.17) is 11.6 Å². The number of para-hydroxylation sites is 2. The largest absolute Gasteiger partial charge is 0.340 e. The third kappa shape index (κ3) is 3.30. The van der Waals surface area contributed by atoms with Gasteiger partial charge in [-0.2, -0.15) is 0 Å². The van der Waals surface area contributed by atoms with Gasteiger partial charge in [0.2, 0.25) is 5.91 Å². The zero-order chi connectivity index (χ0) is 17.2. The standard InChI is InChI=1S/C20H18ClN3O/c21-15-10-7-14(8-11-15)9-12-19(25)24-13-3-6-18(24)20-22-16-4-1-2-5-17(16)23-20/h1-2,4-5,7-12,18H,3,6,13H2,(H,22,23)/b12-9+/t18-/m0/s1. The van der Waals surface area contributed by atoms with Crippen LogP contribution in [0.2, 0.25) is 5.02 Å². The lowest BCUT2D eigenvalue weighted by Gasteiger charge is -2.21. The summed E-state index contributed by atoms with van der Waals surface area (Å²) in [6.07, 6.45) is 5.37. The molecule has 0 unspecified atom stereocenters. The molecule has 4 nitrogen and oxygen atoms in total. The topological polar surface area (TPSA) is 49.0 Å². The van der Waals surface area contributed by atoms with E-state index in [-0.39, 0.29) is 11.9 Å². The summed E-state index contributed by atoms with van der Waals surface area (Å²) < 4.78 is 0. The van der Waals surface area contributed by atoms with Crippen LogP contribution in [-0.2, 0) is 4.79 Å². The molecule has 0 saturated carbocycles. The van der Waals surface area contributed by atoms with E-state index in [2.05, 4.69) is 9.97 Å². The van der Waals surface area contributed by atoms with Crippen LogP contribution in [0.25, 0.3) is 17.1 Å². The molecule has 1 fully saturated rings. The third-order valence-electron chi connectivity index (χ3n) is 4.55. The number of halogens is 1. The van der Waals surface area contributed by atoms with E-state index in [1.807, 2.05) is 59.5 Å². The summed E-state index contributed by atoms with van der Waals surface area (Å²) in [5.41, 5.74) is 2.90. The molecule has 0 aliphatic carbocycles. The number of hydrogen-bond donors (Lipinski definition) is 1. The Labute approximate surface area is 151 Å². The van der Waals surface area contributed by atoms with E-state index in [1.54, 1.807) is 6.08 Å². The number of amides is 1. The highest BCUT2D eigenvalue weighted by molar-refractivity contribution is 6.30. The van der Waals surface area contributed by atoms with Crippen LogP contribution in [0.4, 0.5) is 0 Å². The van der Waals surface area contributed by atoms with Crippen LogP contribution in [-0.4, -0.2) is 27.3 Å². The molecule has 0 spiro atoms. The van der Waals surface area contributed by atoms with Crippen LogP contribution in [0.15, 0.2) is 54.6 Å². The van der Waals surface area contributed by atoms with Gasteiger partial charge in [-0.05, 0) is 48.7 Å². The Morgan fingerprint density at radius 2 is 2.00 bits per heavy atom. The minimum absolute atomic E-state index is 0.00904. The molecule has 1 aliphatic rings. The molecule has 2 aromatic carbocycles. The van der Waals surface area contributed by atoms with Crippen molar-refractivity contribution in [1.82, 2.24) is 14.9 Å². The summed E-state index contributed by atoms with van der Waals surface area (Å²) in [6, 6.07) is 15.4. The van der Waals surface area contributed by atoms with Crippen molar-refractivity contribution in [2.75, 3.05) is 6.54 Å². The van der Waals surface area contributed by atoms with Crippen LogP contribution in [0, 0.1) is 0 Å². The lowest BCUT2D eigenvalue weighted by atomic mass is 10.2. The number of rotatable bonds is 3. The van der Waals surface area contributed by atoms with Gasteiger partial charge in [-0.15, -0.1) is 0 Å². The maximum absolute atomic E-state index is 12.7. The Balaban J connectivity index is 1.54. The average molecular weight is 352 g/mol. The molecular formula is C20H18ClN3O. The molecule has 5 heteroatoms. The van der Waals surface area contributed by atoms with Gasteiger partial charge in [-0.1, -0.05) is 35.9 Å². The second-order valence-electron chi connectivity index (χ2n) is 6.21. The number of nitrogens with one attached hydrogen (secondary N) is 1. The maximum atomic E-state index is 12.7. The van der Waals surface area contributed by atoms with Crippen LogP contribution in [0.5, 0.6) is 0 Å². The highest BCUT2D eigenvalue weighted by Gasteiger charge is 2.30. The van der Waals surface area contributed by atoms with Gasteiger partial charge in [0.15, 0.2) is 0 Å². The summed E-state index contributed by atoms with van der Waals surface area (Å²) >= 11 is 5.89. The molecular weight excluding hydrogens is 334 g/mol. The highest BCUT2D eigenvalue weighted by Crippen LogP contribution is 2.31. The first-order chi connectivity index (χ1) is 12.2. The monoisotopic (exact) mass is 351 g/mol. The van der Waals surface area contributed by atoms with Crippen LogP contribution in [0.3, 0.4) is 0 Å². The van der Waals surface area contributed by atoms with Crippen LogP contribution >= 0.6 is 11.6 Å². The lowest BCUT2D eigenvalue weighted by molar-refractivity contribution is -0.126. The Morgan fingerprint density at radius 1 is 1.20 bits per heavy atom. The molecule has 1 aromatic heterocycles. The zero-order valence-electron chi connectivity index (χ0n) is 13.7. The van der Waals surface area contributed by atoms with Gasteiger partial charge in [0, 0.05) is 17.6 Å². The molecule has 1 saturated heterocycles. The van der Waals surface area contributed by atoms with Crippen LogP contribution in [0.1, 0.15) is 30.3 Å². The van der Waals surface area contributed by atoms with Gasteiger partial charge in [-0.3, -0.25) is 4.79 Å². The van der Waals surface area contributed by atoms with Crippen molar-refractivity contribution in [2.24, 2.45) is 0 Å². The number of carbonyl (C=O) groups excluding carboxylic acids is 1. The second kappa shape index (κ2) is 6.73. The molecule has 1 amide bonds. The first-order valence-corrected chi connectivity index (χ1v) is 8.77. The minimum atomic E-state index is 0.00904. The SMILES string of the molecule is O=C(/C=C/c1ccc(Cl)cc1)N1CCC[C@H]1c1nc2ccccc2[nH]1. The van der Waals surface area contributed by atoms with E-state index in [1.165, 1.54) is 0 Å². The van der Waals surface area contributed by atoms with Gasteiger partial charge in [-0.25, -0.2) is 4.98 Å². The minimum Gasteiger partial charge on any atom is -0.340 e. The van der Waals surface area contributed by atoms with E-state index in [0.717, 1.165) is 41.8 Å². The molecule has 1 N–H and O–H groups in total. The van der Waals surface area contributed by atoms with E-state index in [0.29, 0.717) is 5.02 Å². The maximum Gasteiger partial charge on any atom is 0.247 e. The first-order valence-electron chi connectivity index (χ1n) is 8.39. The number of carbonyl (C=O) groups is 1. The summed E-state index contributed by atoms with van der Waals surface area (Å²) in [5, 5.41) is 0.688. The number of fused-ring (bicyclic) bond motifs is 1. The molecule has 4 rings (SSSR count). The van der Waals surface area contributed by atoms with Gasteiger partial charge in [0.1, 0.15) is 5.82 Å². The average Bonchev–Trinajstić information content (AvgIpc) is 3.27. The zero-order valence-corrected chi connectivity index (χ0v) is 14.4. The molecule has 2 heterocycles. The molecule has 25 heavy (non-hydrogen) atoms. The number of benzene rings is 2. The second-order valence-corrected chi connectivity index (χ2v) is 6.65. The van der Waals surface area contributed by atoms with Gasteiger partial charge < -0.3 is 9.88 Å². The summed E-state index contributed by atoms with van der Waals surface area (Å²) in [6.45, 7) is 0.755. The van der Waals surface area contributed by atoms with Crippen molar-refractivity contribution < 1.29 is 4.79 Å². The summed E-state index contributed by atoms with van der Waals surface area (Å²) in [5.74, 6) is 0.879. The van der Waals surface area contributed by atoms with E-state index in [9.17, 15) is 4.79 Å². The normalized spacial score (nSPS) is 17.6.